The number of fused-ring (bicyclic) bond motifs is 1. The fourth-order valence-electron chi connectivity index (χ4n) is 4.02. The van der Waals surface area contributed by atoms with Crippen molar-refractivity contribution in [1.82, 2.24) is 14.7 Å². The number of hydrogen-bond donors (Lipinski definition) is 0. The lowest BCUT2D eigenvalue weighted by Gasteiger charge is -2.19. The van der Waals surface area contributed by atoms with Crippen LogP contribution in [0.5, 0.6) is 0 Å². The molecule has 2 aromatic carbocycles. The Kier molecular flexibility index (Phi) is 5.08. The predicted octanol–water partition coefficient (Wildman–Crippen LogP) is 3.95. The minimum Gasteiger partial charge on any atom is -0.306 e. The largest absolute Gasteiger partial charge is 0.306 e. The molecule has 0 aliphatic carbocycles. The van der Waals surface area contributed by atoms with E-state index in [2.05, 4.69) is 43.1 Å². The molecule has 1 fully saturated rings. The topological polar surface area (TPSA) is 38.1 Å². The molecule has 4 nitrogen and oxygen atoms in total. The Balaban J connectivity index is 1.79. The van der Waals surface area contributed by atoms with Gasteiger partial charge in [0.05, 0.1) is 17.1 Å². The Bertz CT molecular complexity index is 991. The summed E-state index contributed by atoms with van der Waals surface area (Å²) in [5.41, 5.74) is 3.52. The van der Waals surface area contributed by atoms with Gasteiger partial charge in [0.2, 0.25) is 0 Å². The standard InChI is InChI=1S/C23H27N3O/c1-17-9-11-18(12-10-17)16-22-20-7-3-4-8-21(20)23(27)26(24-22)19-6-5-14-25(2)15-13-19/h3-4,7-12,19H,5-6,13-16H2,1-2H3. The molecule has 3 aromatic rings. The third kappa shape index (κ3) is 3.81. The summed E-state index contributed by atoms with van der Waals surface area (Å²) in [6.45, 7) is 4.20. The lowest BCUT2D eigenvalue weighted by Crippen LogP contribution is -2.29. The van der Waals surface area contributed by atoms with Crippen LogP contribution in [0.2, 0.25) is 0 Å². The maximum atomic E-state index is 13.2. The van der Waals surface area contributed by atoms with Gasteiger partial charge in [-0.05, 0) is 58.0 Å². The van der Waals surface area contributed by atoms with Crippen molar-refractivity contribution in [3.63, 3.8) is 0 Å². The molecule has 1 aromatic heterocycles. The molecule has 0 radical (unpaired) electrons. The van der Waals surface area contributed by atoms with Crippen LogP contribution in [-0.4, -0.2) is 34.8 Å². The Morgan fingerprint density at radius 3 is 2.52 bits per heavy atom. The summed E-state index contributed by atoms with van der Waals surface area (Å²) < 4.78 is 1.78. The van der Waals surface area contributed by atoms with Crippen molar-refractivity contribution in [3.8, 4) is 0 Å². The molecule has 4 rings (SSSR count). The second kappa shape index (κ2) is 7.65. The second-order valence-corrected chi connectivity index (χ2v) is 7.79. The Labute approximate surface area is 160 Å². The molecule has 4 heteroatoms. The molecule has 1 aliphatic heterocycles. The van der Waals surface area contributed by atoms with Crippen molar-refractivity contribution in [2.75, 3.05) is 20.1 Å². The van der Waals surface area contributed by atoms with Crippen LogP contribution >= 0.6 is 0 Å². The average molecular weight is 361 g/mol. The summed E-state index contributed by atoms with van der Waals surface area (Å²) in [6, 6.07) is 16.7. The molecule has 2 heterocycles. The lowest BCUT2D eigenvalue weighted by molar-refractivity contribution is 0.334. The molecule has 1 saturated heterocycles. The van der Waals surface area contributed by atoms with Crippen molar-refractivity contribution < 1.29 is 0 Å². The van der Waals surface area contributed by atoms with Crippen molar-refractivity contribution in [1.29, 1.82) is 0 Å². The highest BCUT2D eigenvalue weighted by Gasteiger charge is 2.21. The fourth-order valence-corrected chi connectivity index (χ4v) is 4.02. The SMILES string of the molecule is Cc1ccc(Cc2nn(C3CCCN(C)CC3)c(=O)c3ccccc23)cc1. The van der Waals surface area contributed by atoms with Crippen LogP contribution in [0, 0.1) is 6.92 Å². The van der Waals surface area contributed by atoms with Crippen LogP contribution in [0.4, 0.5) is 0 Å². The van der Waals surface area contributed by atoms with E-state index in [1.165, 1.54) is 11.1 Å². The fraction of sp³-hybridized carbons (Fsp3) is 0.391. The second-order valence-electron chi connectivity index (χ2n) is 7.79. The van der Waals surface area contributed by atoms with E-state index in [0.717, 1.165) is 55.2 Å². The van der Waals surface area contributed by atoms with Gasteiger partial charge in [-0.1, -0.05) is 48.0 Å². The average Bonchev–Trinajstić information content (AvgIpc) is 2.90. The van der Waals surface area contributed by atoms with Gasteiger partial charge in [0.25, 0.3) is 5.56 Å². The third-order valence-corrected chi connectivity index (χ3v) is 5.66. The molecule has 1 unspecified atom stereocenters. The zero-order valence-corrected chi connectivity index (χ0v) is 16.2. The van der Waals surface area contributed by atoms with E-state index < -0.39 is 0 Å². The first-order chi connectivity index (χ1) is 13.1. The first kappa shape index (κ1) is 17.9. The molecule has 0 bridgehead atoms. The van der Waals surface area contributed by atoms with Crippen LogP contribution in [-0.2, 0) is 6.42 Å². The quantitative estimate of drug-likeness (QED) is 0.709. The number of hydrogen-bond acceptors (Lipinski definition) is 3. The maximum absolute atomic E-state index is 13.2. The van der Waals surface area contributed by atoms with Crippen LogP contribution in [0.3, 0.4) is 0 Å². The summed E-state index contributed by atoms with van der Waals surface area (Å²) in [6.07, 6.45) is 3.84. The molecule has 1 atom stereocenters. The predicted molar refractivity (Wildman–Crippen MR) is 110 cm³/mol. The molecule has 0 N–H and O–H groups in total. The molecular weight excluding hydrogens is 334 g/mol. The highest BCUT2D eigenvalue weighted by atomic mass is 16.1. The number of likely N-dealkylation sites (tertiary alicyclic amines) is 1. The van der Waals surface area contributed by atoms with E-state index in [-0.39, 0.29) is 11.6 Å². The summed E-state index contributed by atoms with van der Waals surface area (Å²) >= 11 is 0. The van der Waals surface area contributed by atoms with Gasteiger partial charge >= 0.3 is 0 Å². The number of nitrogens with zero attached hydrogens (tertiary/aromatic N) is 3. The van der Waals surface area contributed by atoms with Gasteiger partial charge < -0.3 is 4.90 Å². The Morgan fingerprint density at radius 2 is 1.74 bits per heavy atom. The van der Waals surface area contributed by atoms with E-state index in [1.54, 1.807) is 4.68 Å². The minimum atomic E-state index is 0.0489. The number of benzene rings is 2. The van der Waals surface area contributed by atoms with Gasteiger partial charge in [0.15, 0.2) is 0 Å². The minimum absolute atomic E-state index is 0.0489. The summed E-state index contributed by atoms with van der Waals surface area (Å²) in [5.74, 6) is 0. The number of aromatic nitrogens is 2. The molecule has 0 saturated carbocycles. The van der Waals surface area contributed by atoms with Gasteiger partial charge in [-0.3, -0.25) is 4.79 Å². The normalized spacial score (nSPS) is 18.5. The summed E-state index contributed by atoms with van der Waals surface area (Å²) in [7, 11) is 2.15. The van der Waals surface area contributed by atoms with E-state index in [0.29, 0.717) is 0 Å². The van der Waals surface area contributed by atoms with Gasteiger partial charge in [0.1, 0.15) is 0 Å². The van der Waals surface area contributed by atoms with E-state index in [1.807, 2.05) is 24.3 Å². The van der Waals surface area contributed by atoms with Crippen molar-refractivity contribution in [2.45, 2.75) is 38.6 Å². The van der Waals surface area contributed by atoms with Crippen LogP contribution in [0.1, 0.15) is 42.1 Å². The third-order valence-electron chi connectivity index (χ3n) is 5.66. The molecule has 1 aliphatic rings. The first-order valence-corrected chi connectivity index (χ1v) is 9.86. The van der Waals surface area contributed by atoms with E-state index in [9.17, 15) is 4.79 Å². The number of rotatable bonds is 3. The van der Waals surface area contributed by atoms with Crippen molar-refractivity contribution >= 4 is 10.8 Å². The van der Waals surface area contributed by atoms with Crippen molar-refractivity contribution in [3.05, 3.63) is 75.7 Å². The van der Waals surface area contributed by atoms with Gasteiger partial charge in [0, 0.05) is 11.8 Å². The van der Waals surface area contributed by atoms with Crippen LogP contribution in [0.25, 0.3) is 10.8 Å². The highest BCUT2D eigenvalue weighted by Crippen LogP contribution is 2.23. The molecule has 0 amide bonds. The Hall–Kier alpha value is -2.46. The number of aryl methyl sites for hydroxylation is 1. The molecule has 140 valence electrons. The smallest absolute Gasteiger partial charge is 0.274 e. The summed E-state index contributed by atoms with van der Waals surface area (Å²) in [4.78, 5) is 15.5. The van der Waals surface area contributed by atoms with E-state index >= 15 is 0 Å². The van der Waals surface area contributed by atoms with E-state index in [4.69, 9.17) is 5.10 Å². The zero-order chi connectivity index (χ0) is 18.8. The van der Waals surface area contributed by atoms with Gasteiger partial charge in [-0.15, -0.1) is 0 Å². The molecular formula is C23H27N3O. The van der Waals surface area contributed by atoms with Crippen molar-refractivity contribution in [2.24, 2.45) is 0 Å². The monoisotopic (exact) mass is 361 g/mol. The van der Waals surface area contributed by atoms with Crippen LogP contribution < -0.4 is 5.56 Å². The molecule has 27 heavy (non-hydrogen) atoms. The Morgan fingerprint density at radius 1 is 1.00 bits per heavy atom. The van der Waals surface area contributed by atoms with Gasteiger partial charge in [-0.25, -0.2) is 4.68 Å². The summed E-state index contributed by atoms with van der Waals surface area (Å²) in [5, 5.41) is 6.66. The first-order valence-electron chi connectivity index (χ1n) is 9.86. The lowest BCUT2D eigenvalue weighted by atomic mass is 10.0. The highest BCUT2D eigenvalue weighted by molar-refractivity contribution is 5.83. The molecule has 0 spiro atoms. The zero-order valence-electron chi connectivity index (χ0n) is 16.2. The van der Waals surface area contributed by atoms with Gasteiger partial charge in [-0.2, -0.15) is 5.10 Å². The maximum Gasteiger partial charge on any atom is 0.274 e. The van der Waals surface area contributed by atoms with Crippen LogP contribution in [0.15, 0.2) is 53.3 Å².